The Morgan fingerprint density at radius 1 is 1.22 bits per heavy atom. The highest BCUT2D eigenvalue weighted by atomic mass is 16.5. The number of methoxy groups -OCH3 is 1. The molecule has 0 bridgehead atoms. The van der Waals surface area contributed by atoms with Crippen molar-refractivity contribution in [3.63, 3.8) is 0 Å². The summed E-state index contributed by atoms with van der Waals surface area (Å²) in [5.74, 6) is 0.863. The molecule has 0 heterocycles. The van der Waals surface area contributed by atoms with Crippen LogP contribution in [0.4, 0.5) is 0 Å². The van der Waals surface area contributed by atoms with Gasteiger partial charge in [0.2, 0.25) is 0 Å². The van der Waals surface area contributed by atoms with E-state index in [1.54, 1.807) is 7.11 Å². The van der Waals surface area contributed by atoms with Gasteiger partial charge in [0, 0.05) is 25.8 Å². The number of hydrogen-bond acceptors (Lipinski definition) is 3. The molecule has 2 aliphatic rings. The van der Waals surface area contributed by atoms with Gasteiger partial charge in [0.1, 0.15) is 0 Å². The van der Waals surface area contributed by atoms with E-state index in [-0.39, 0.29) is 6.10 Å². The van der Waals surface area contributed by atoms with Crippen LogP contribution in [0.2, 0.25) is 0 Å². The molecule has 2 aliphatic carbocycles. The second-order valence-corrected chi connectivity index (χ2v) is 5.89. The van der Waals surface area contributed by atoms with Gasteiger partial charge in [0.25, 0.3) is 0 Å². The van der Waals surface area contributed by atoms with E-state index in [2.05, 4.69) is 19.2 Å². The molecular weight excluding hydrogens is 226 g/mol. The lowest BCUT2D eigenvalue weighted by Gasteiger charge is -2.45. The summed E-state index contributed by atoms with van der Waals surface area (Å²) >= 11 is 0. The molecule has 4 atom stereocenters. The average molecular weight is 255 g/mol. The first kappa shape index (κ1) is 14.3. The van der Waals surface area contributed by atoms with E-state index >= 15 is 0 Å². The van der Waals surface area contributed by atoms with E-state index in [1.165, 1.54) is 32.1 Å². The molecule has 106 valence electrons. The highest BCUT2D eigenvalue weighted by Gasteiger charge is 2.43. The molecule has 3 heteroatoms. The highest BCUT2D eigenvalue weighted by Crippen LogP contribution is 2.31. The van der Waals surface area contributed by atoms with Crippen molar-refractivity contribution in [2.24, 2.45) is 5.92 Å². The van der Waals surface area contributed by atoms with Crippen LogP contribution >= 0.6 is 0 Å². The van der Waals surface area contributed by atoms with Crippen LogP contribution in [0.15, 0.2) is 0 Å². The molecule has 3 unspecified atom stereocenters. The molecule has 18 heavy (non-hydrogen) atoms. The van der Waals surface area contributed by atoms with E-state index < -0.39 is 0 Å². The summed E-state index contributed by atoms with van der Waals surface area (Å²) in [5.41, 5.74) is 0. The lowest BCUT2D eigenvalue weighted by atomic mass is 9.81. The molecule has 3 nitrogen and oxygen atoms in total. The van der Waals surface area contributed by atoms with Crippen molar-refractivity contribution >= 4 is 0 Å². The van der Waals surface area contributed by atoms with Crippen LogP contribution in [-0.2, 0) is 9.47 Å². The Morgan fingerprint density at radius 2 is 1.94 bits per heavy atom. The Morgan fingerprint density at radius 3 is 2.56 bits per heavy atom. The molecule has 0 amide bonds. The molecule has 0 radical (unpaired) electrons. The van der Waals surface area contributed by atoms with E-state index in [9.17, 15) is 0 Å². The van der Waals surface area contributed by atoms with Gasteiger partial charge in [0.05, 0.1) is 12.2 Å². The van der Waals surface area contributed by atoms with Gasteiger partial charge in [-0.15, -0.1) is 0 Å². The normalized spacial score (nSPS) is 35.2. The SMILES string of the molecule is CCOC1CC(N[C@H](C)C2CCCCC2)C1OC. The summed E-state index contributed by atoms with van der Waals surface area (Å²) in [6.45, 7) is 5.18. The van der Waals surface area contributed by atoms with Crippen molar-refractivity contribution < 1.29 is 9.47 Å². The van der Waals surface area contributed by atoms with Crippen LogP contribution in [0.5, 0.6) is 0 Å². The monoisotopic (exact) mass is 255 g/mol. The molecule has 2 saturated carbocycles. The first-order valence-corrected chi connectivity index (χ1v) is 7.66. The van der Waals surface area contributed by atoms with Gasteiger partial charge in [0.15, 0.2) is 0 Å². The van der Waals surface area contributed by atoms with Gasteiger partial charge in [-0.05, 0) is 39.0 Å². The van der Waals surface area contributed by atoms with Crippen molar-refractivity contribution in [3.8, 4) is 0 Å². The molecular formula is C15H29NO2. The predicted molar refractivity (Wildman–Crippen MR) is 73.8 cm³/mol. The van der Waals surface area contributed by atoms with Crippen molar-refractivity contribution in [1.29, 1.82) is 0 Å². The molecule has 0 aromatic heterocycles. The molecule has 2 fully saturated rings. The van der Waals surface area contributed by atoms with Gasteiger partial charge in [-0.3, -0.25) is 0 Å². The molecule has 2 rings (SSSR count). The molecule has 0 saturated heterocycles. The number of nitrogens with one attached hydrogen (secondary N) is 1. The molecule has 0 spiro atoms. The smallest absolute Gasteiger partial charge is 0.0986 e. The van der Waals surface area contributed by atoms with E-state index in [4.69, 9.17) is 9.47 Å². The third kappa shape index (κ3) is 3.25. The summed E-state index contributed by atoms with van der Waals surface area (Å²) in [7, 11) is 1.80. The van der Waals surface area contributed by atoms with Gasteiger partial charge < -0.3 is 14.8 Å². The third-order valence-electron chi connectivity index (χ3n) is 4.74. The molecule has 0 aromatic rings. The fourth-order valence-electron chi connectivity index (χ4n) is 3.55. The highest BCUT2D eigenvalue weighted by molar-refractivity contribution is 4.98. The second-order valence-electron chi connectivity index (χ2n) is 5.89. The van der Waals surface area contributed by atoms with E-state index in [1.807, 2.05) is 0 Å². The minimum absolute atomic E-state index is 0.246. The van der Waals surface area contributed by atoms with Crippen LogP contribution in [0.25, 0.3) is 0 Å². The van der Waals surface area contributed by atoms with Crippen LogP contribution in [0, 0.1) is 5.92 Å². The lowest BCUT2D eigenvalue weighted by Crippen LogP contribution is -2.62. The fourth-order valence-corrected chi connectivity index (χ4v) is 3.55. The summed E-state index contributed by atoms with van der Waals surface area (Å²) in [4.78, 5) is 0. The first-order chi connectivity index (χ1) is 8.76. The van der Waals surface area contributed by atoms with Gasteiger partial charge >= 0.3 is 0 Å². The van der Waals surface area contributed by atoms with Gasteiger partial charge in [-0.1, -0.05) is 19.3 Å². The zero-order chi connectivity index (χ0) is 13.0. The molecule has 1 N–H and O–H groups in total. The number of ether oxygens (including phenoxy) is 2. The summed E-state index contributed by atoms with van der Waals surface area (Å²) in [5, 5.41) is 3.77. The van der Waals surface area contributed by atoms with E-state index in [0.29, 0.717) is 18.2 Å². The second kappa shape index (κ2) is 6.88. The van der Waals surface area contributed by atoms with Crippen molar-refractivity contribution in [1.82, 2.24) is 5.32 Å². The van der Waals surface area contributed by atoms with Gasteiger partial charge in [-0.2, -0.15) is 0 Å². The van der Waals surface area contributed by atoms with Crippen LogP contribution in [0.1, 0.15) is 52.4 Å². The fraction of sp³-hybridized carbons (Fsp3) is 1.00. The van der Waals surface area contributed by atoms with Crippen LogP contribution in [0.3, 0.4) is 0 Å². The maximum atomic E-state index is 5.67. The zero-order valence-electron chi connectivity index (χ0n) is 12.2. The zero-order valence-corrected chi connectivity index (χ0v) is 12.2. The average Bonchev–Trinajstić information content (AvgIpc) is 2.38. The van der Waals surface area contributed by atoms with E-state index in [0.717, 1.165) is 18.9 Å². The van der Waals surface area contributed by atoms with Crippen LogP contribution in [-0.4, -0.2) is 38.0 Å². The first-order valence-electron chi connectivity index (χ1n) is 7.66. The summed E-state index contributed by atoms with van der Waals surface area (Å²) in [6, 6.07) is 1.11. The Hall–Kier alpha value is -0.120. The maximum Gasteiger partial charge on any atom is 0.0986 e. The standard InChI is InChI=1S/C15H29NO2/c1-4-18-14-10-13(15(14)17-3)16-11(2)12-8-6-5-7-9-12/h11-16H,4-10H2,1-3H3/t11-,13?,14?,15?/m1/s1. The Labute approximate surface area is 112 Å². The maximum absolute atomic E-state index is 5.67. The third-order valence-corrected chi connectivity index (χ3v) is 4.74. The van der Waals surface area contributed by atoms with Gasteiger partial charge in [-0.25, -0.2) is 0 Å². The number of hydrogen-bond donors (Lipinski definition) is 1. The summed E-state index contributed by atoms with van der Waals surface area (Å²) in [6.07, 6.45) is 8.70. The minimum Gasteiger partial charge on any atom is -0.377 e. The number of rotatable bonds is 6. The quantitative estimate of drug-likeness (QED) is 0.791. The minimum atomic E-state index is 0.246. The molecule has 0 aliphatic heterocycles. The largest absolute Gasteiger partial charge is 0.377 e. The summed E-state index contributed by atoms with van der Waals surface area (Å²) < 4.78 is 11.2. The molecule has 0 aromatic carbocycles. The Balaban J connectivity index is 1.75. The predicted octanol–water partition coefficient (Wildman–Crippen LogP) is 2.74. The van der Waals surface area contributed by atoms with Crippen molar-refractivity contribution in [2.45, 2.75) is 76.7 Å². The van der Waals surface area contributed by atoms with Crippen LogP contribution < -0.4 is 5.32 Å². The topological polar surface area (TPSA) is 30.5 Å². The Kier molecular flexibility index (Phi) is 5.46. The van der Waals surface area contributed by atoms with Crippen molar-refractivity contribution in [2.75, 3.05) is 13.7 Å². The Bertz CT molecular complexity index is 241. The van der Waals surface area contributed by atoms with Crippen molar-refractivity contribution in [3.05, 3.63) is 0 Å². The lowest BCUT2D eigenvalue weighted by molar-refractivity contribution is -0.134.